The van der Waals surface area contributed by atoms with Gasteiger partial charge in [-0.2, -0.15) is 0 Å². The molecule has 5 nitrogen and oxygen atoms in total. The third-order valence-electron chi connectivity index (χ3n) is 2.80. The molecular formula is C15H22N2O3. The fraction of sp³-hybridized carbons (Fsp3) is 0.400. The molecule has 2 N–H and O–H groups in total. The quantitative estimate of drug-likeness (QED) is 0.746. The average Bonchev–Trinajstić information content (AvgIpc) is 2.44. The fourth-order valence-corrected chi connectivity index (χ4v) is 1.89. The van der Waals surface area contributed by atoms with E-state index in [1.807, 2.05) is 25.1 Å². The van der Waals surface area contributed by atoms with Crippen LogP contribution in [-0.4, -0.2) is 42.8 Å². The summed E-state index contributed by atoms with van der Waals surface area (Å²) in [5.74, 6) is 0.771. The molecule has 1 aromatic rings. The molecule has 0 bridgehead atoms. The van der Waals surface area contributed by atoms with Gasteiger partial charge in [-0.1, -0.05) is 12.1 Å². The van der Waals surface area contributed by atoms with E-state index in [9.17, 15) is 4.79 Å². The zero-order valence-electron chi connectivity index (χ0n) is 12.1. The van der Waals surface area contributed by atoms with Crippen molar-refractivity contribution in [3.8, 4) is 5.75 Å². The lowest BCUT2D eigenvalue weighted by Crippen LogP contribution is -2.41. The number of hydrogen-bond donors (Lipinski definition) is 2. The van der Waals surface area contributed by atoms with E-state index >= 15 is 0 Å². The topological polar surface area (TPSA) is 61.8 Å². The Kier molecular flexibility index (Phi) is 6.59. The number of aryl methyl sites for hydroxylation is 1. The molecule has 0 heterocycles. The van der Waals surface area contributed by atoms with Gasteiger partial charge < -0.3 is 20.1 Å². The number of urea groups is 1. The molecule has 0 aliphatic heterocycles. The number of aliphatic hydroxyl groups excluding tert-OH is 1. The van der Waals surface area contributed by atoms with Crippen molar-refractivity contribution in [2.75, 3.05) is 26.8 Å². The molecule has 110 valence electrons. The van der Waals surface area contributed by atoms with Gasteiger partial charge in [-0.25, -0.2) is 4.79 Å². The number of ether oxygens (including phenoxy) is 1. The van der Waals surface area contributed by atoms with E-state index in [4.69, 9.17) is 9.84 Å². The molecule has 0 aromatic heterocycles. The molecule has 1 aromatic carbocycles. The Labute approximate surface area is 119 Å². The maximum atomic E-state index is 12.0. The molecule has 0 aliphatic carbocycles. The van der Waals surface area contributed by atoms with Crippen LogP contribution in [0.3, 0.4) is 0 Å². The highest BCUT2D eigenvalue weighted by molar-refractivity contribution is 5.74. The number of nitrogens with zero attached hydrogens (tertiary/aromatic N) is 1. The molecule has 5 heteroatoms. The minimum atomic E-state index is -0.223. The van der Waals surface area contributed by atoms with Crippen LogP contribution in [0, 0.1) is 6.92 Å². The smallest absolute Gasteiger partial charge is 0.318 e. The third kappa shape index (κ3) is 4.93. The van der Waals surface area contributed by atoms with Crippen molar-refractivity contribution in [1.29, 1.82) is 0 Å². The summed E-state index contributed by atoms with van der Waals surface area (Å²) in [7, 11) is 1.62. The Morgan fingerprint density at radius 3 is 2.85 bits per heavy atom. The second-order valence-electron chi connectivity index (χ2n) is 4.48. The Hall–Kier alpha value is -2.01. The van der Waals surface area contributed by atoms with Gasteiger partial charge in [-0.15, -0.1) is 6.58 Å². The molecular weight excluding hydrogens is 256 g/mol. The first-order chi connectivity index (χ1) is 9.60. The standard InChI is InChI=1S/C15H22N2O3/c1-4-5-17(6-7-18)15(19)16-11-13-8-12(2)9-14(10-13)20-3/h4,8-10,18H,1,5-7,11H2,2-3H3,(H,16,19). The van der Waals surface area contributed by atoms with E-state index in [1.54, 1.807) is 13.2 Å². The second-order valence-corrected chi connectivity index (χ2v) is 4.48. The molecule has 0 radical (unpaired) electrons. The zero-order valence-corrected chi connectivity index (χ0v) is 12.1. The Morgan fingerprint density at radius 1 is 1.50 bits per heavy atom. The van der Waals surface area contributed by atoms with Gasteiger partial charge in [-0.3, -0.25) is 0 Å². The minimum Gasteiger partial charge on any atom is -0.497 e. The van der Waals surface area contributed by atoms with E-state index in [2.05, 4.69) is 11.9 Å². The van der Waals surface area contributed by atoms with Gasteiger partial charge in [0.05, 0.1) is 13.7 Å². The number of carbonyl (C=O) groups excluding carboxylic acids is 1. The summed E-state index contributed by atoms with van der Waals surface area (Å²) in [5, 5.41) is 11.7. The van der Waals surface area contributed by atoms with Crippen LogP contribution in [0.15, 0.2) is 30.9 Å². The molecule has 0 aliphatic rings. The van der Waals surface area contributed by atoms with Crippen molar-refractivity contribution >= 4 is 6.03 Å². The van der Waals surface area contributed by atoms with Crippen LogP contribution >= 0.6 is 0 Å². The van der Waals surface area contributed by atoms with Crippen molar-refractivity contribution in [3.05, 3.63) is 42.0 Å². The van der Waals surface area contributed by atoms with E-state index in [-0.39, 0.29) is 19.2 Å². The predicted octanol–water partition coefficient (Wildman–Crippen LogP) is 1.69. The lowest BCUT2D eigenvalue weighted by Gasteiger charge is -2.20. The van der Waals surface area contributed by atoms with E-state index in [0.29, 0.717) is 13.1 Å². The number of carbonyl (C=O) groups is 1. The molecule has 20 heavy (non-hydrogen) atoms. The van der Waals surface area contributed by atoms with Gasteiger partial charge >= 0.3 is 6.03 Å². The van der Waals surface area contributed by atoms with Crippen LogP contribution in [0.4, 0.5) is 4.79 Å². The van der Waals surface area contributed by atoms with Crippen LogP contribution in [0.5, 0.6) is 5.75 Å². The van der Waals surface area contributed by atoms with Gasteiger partial charge in [0, 0.05) is 19.6 Å². The first-order valence-electron chi connectivity index (χ1n) is 6.49. The zero-order chi connectivity index (χ0) is 15.0. The number of methoxy groups -OCH3 is 1. The van der Waals surface area contributed by atoms with Crippen LogP contribution in [0.25, 0.3) is 0 Å². The van der Waals surface area contributed by atoms with E-state index in [0.717, 1.165) is 16.9 Å². The fourth-order valence-electron chi connectivity index (χ4n) is 1.89. The molecule has 0 fully saturated rings. The van der Waals surface area contributed by atoms with Crippen molar-refractivity contribution < 1.29 is 14.6 Å². The SMILES string of the molecule is C=CCN(CCO)C(=O)NCc1cc(C)cc(OC)c1. The lowest BCUT2D eigenvalue weighted by molar-refractivity contribution is 0.183. The summed E-state index contributed by atoms with van der Waals surface area (Å²) < 4.78 is 5.20. The summed E-state index contributed by atoms with van der Waals surface area (Å²) in [5.41, 5.74) is 2.05. The highest BCUT2D eigenvalue weighted by Crippen LogP contribution is 2.16. The first-order valence-corrected chi connectivity index (χ1v) is 6.49. The second kappa shape index (κ2) is 8.22. The summed E-state index contributed by atoms with van der Waals surface area (Å²) in [4.78, 5) is 13.5. The monoisotopic (exact) mass is 278 g/mol. The molecule has 0 spiro atoms. The predicted molar refractivity (Wildman–Crippen MR) is 78.8 cm³/mol. The Morgan fingerprint density at radius 2 is 2.25 bits per heavy atom. The highest BCUT2D eigenvalue weighted by atomic mass is 16.5. The number of hydrogen-bond acceptors (Lipinski definition) is 3. The van der Waals surface area contributed by atoms with Crippen molar-refractivity contribution in [3.63, 3.8) is 0 Å². The summed E-state index contributed by atoms with van der Waals surface area (Å²) >= 11 is 0. The van der Waals surface area contributed by atoms with Gasteiger partial charge in [0.1, 0.15) is 5.75 Å². The highest BCUT2D eigenvalue weighted by Gasteiger charge is 2.10. The summed E-state index contributed by atoms with van der Waals surface area (Å²) in [6.45, 7) is 6.61. The van der Waals surface area contributed by atoms with Crippen LogP contribution in [-0.2, 0) is 6.54 Å². The van der Waals surface area contributed by atoms with E-state index < -0.39 is 0 Å². The average molecular weight is 278 g/mol. The largest absolute Gasteiger partial charge is 0.497 e. The Bertz CT molecular complexity index is 460. The van der Waals surface area contributed by atoms with E-state index in [1.165, 1.54) is 4.90 Å². The van der Waals surface area contributed by atoms with Gasteiger partial charge in [0.2, 0.25) is 0 Å². The Balaban J connectivity index is 2.63. The minimum absolute atomic E-state index is 0.0699. The van der Waals surface area contributed by atoms with Gasteiger partial charge in [0.25, 0.3) is 0 Å². The number of rotatable bonds is 7. The molecule has 0 saturated carbocycles. The van der Waals surface area contributed by atoms with Gasteiger partial charge in [0.15, 0.2) is 0 Å². The number of amides is 2. The molecule has 0 atom stereocenters. The normalized spacial score (nSPS) is 9.95. The molecule has 0 unspecified atom stereocenters. The van der Waals surface area contributed by atoms with Crippen molar-refractivity contribution in [1.82, 2.24) is 10.2 Å². The van der Waals surface area contributed by atoms with Crippen molar-refractivity contribution in [2.45, 2.75) is 13.5 Å². The summed E-state index contributed by atoms with van der Waals surface area (Å²) in [6, 6.07) is 5.59. The maximum absolute atomic E-state index is 12.0. The third-order valence-corrected chi connectivity index (χ3v) is 2.80. The molecule has 0 saturated heterocycles. The molecule has 2 amide bonds. The van der Waals surface area contributed by atoms with Gasteiger partial charge in [-0.05, 0) is 30.2 Å². The van der Waals surface area contributed by atoms with Crippen LogP contribution in [0.1, 0.15) is 11.1 Å². The van der Waals surface area contributed by atoms with Crippen LogP contribution in [0.2, 0.25) is 0 Å². The summed E-state index contributed by atoms with van der Waals surface area (Å²) in [6.07, 6.45) is 1.63. The van der Waals surface area contributed by atoms with Crippen molar-refractivity contribution in [2.24, 2.45) is 0 Å². The first kappa shape index (κ1) is 16.0. The number of nitrogens with one attached hydrogen (secondary N) is 1. The number of aliphatic hydroxyl groups is 1. The maximum Gasteiger partial charge on any atom is 0.318 e. The molecule has 1 rings (SSSR count). The lowest BCUT2D eigenvalue weighted by atomic mass is 10.1. The van der Waals surface area contributed by atoms with Crippen LogP contribution < -0.4 is 10.1 Å². The number of benzene rings is 1.